The molecule has 4 nitrogen and oxygen atoms in total. The summed E-state index contributed by atoms with van der Waals surface area (Å²) in [6.07, 6.45) is 0. The number of primary sulfonamides is 1. The molecule has 1 aromatic rings. The van der Waals surface area contributed by atoms with Crippen molar-refractivity contribution >= 4 is 15.7 Å². The Labute approximate surface area is 71.2 Å². The van der Waals surface area contributed by atoms with Crippen LogP contribution in [0, 0.1) is 6.92 Å². The van der Waals surface area contributed by atoms with Crippen LogP contribution in [0.5, 0.6) is 0 Å². The zero-order valence-corrected chi connectivity index (χ0v) is 7.35. The van der Waals surface area contributed by atoms with E-state index in [1.165, 1.54) is 12.1 Å². The molecule has 0 heterocycles. The van der Waals surface area contributed by atoms with Crippen molar-refractivity contribution in [3.05, 3.63) is 23.8 Å². The van der Waals surface area contributed by atoms with Gasteiger partial charge in [-0.1, -0.05) is 6.07 Å². The van der Waals surface area contributed by atoms with E-state index in [1.807, 2.05) is 0 Å². The summed E-state index contributed by atoms with van der Waals surface area (Å²) >= 11 is 0. The Bertz CT molecular complexity index is 398. The normalized spacial score (nSPS) is 11.5. The van der Waals surface area contributed by atoms with Gasteiger partial charge >= 0.3 is 0 Å². The van der Waals surface area contributed by atoms with Crippen LogP contribution >= 0.6 is 0 Å². The van der Waals surface area contributed by atoms with Crippen molar-refractivity contribution in [2.45, 2.75) is 11.8 Å². The third-order valence-corrected chi connectivity index (χ3v) is 2.39. The predicted molar refractivity (Wildman–Crippen MR) is 45.3 cm³/mol. The molecule has 0 fully saturated rings. The lowest BCUT2D eigenvalue weighted by Gasteiger charge is -2.02. The highest BCUT2D eigenvalue weighted by molar-refractivity contribution is 7.89. The quantitative estimate of drug-likeness (QED) is 0.693. The highest BCUT2D eigenvalue weighted by Crippen LogP contribution is 2.18. The molecule has 0 unspecified atom stereocenters. The van der Waals surface area contributed by atoms with E-state index in [1.54, 1.807) is 13.0 Å². The number of sulfonamides is 1. The fourth-order valence-corrected chi connectivity index (χ4v) is 1.59. The number of rotatable bonds is 1. The van der Waals surface area contributed by atoms with Gasteiger partial charge in [0.15, 0.2) is 0 Å². The molecule has 0 spiro atoms. The molecule has 0 atom stereocenters. The maximum Gasteiger partial charge on any atom is 0.240 e. The van der Waals surface area contributed by atoms with E-state index >= 15 is 0 Å². The average Bonchev–Trinajstić information content (AvgIpc) is 1.92. The summed E-state index contributed by atoms with van der Waals surface area (Å²) in [6, 6.07) is 4.46. The lowest BCUT2D eigenvalue weighted by Crippen LogP contribution is -2.12. The number of nitrogens with two attached hydrogens (primary N) is 1. The zero-order valence-electron chi connectivity index (χ0n) is 6.53. The number of aryl methyl sites for hydroxylation is 1. The van der Waals surface area contributed by atoms with Crippen molar-refractivity contribution < 1.29 is 8.42 Å². The van der Waals surface area contributed by atoms with Gasteiger partial charge in [0, 0.05) is 0 Å². The zero-order chi connectivity index (χ0) is 9.35. The van der Waals surface area contributed by atoms with Crippen molar-refractivity contribution in [2.75, 3.05) is 0 Å². The van der Waals surface area contributed by atoms with Crippen molar-refractivity contribution in [2.24, 2.45) is 5.14 Å². The average molecular weight is 185 g/mol. The molecule has 5 heteroatoms. The van der Waals surface area contributed by atoms with Crippen LogP contribution in [-0.4, -0.2) is 8.42 Å². The molecule has 3 N–H and O–H groups in total. The highest BCUT2D eigenvalue weighted by Gasteiger charge is 2.11. The molecule has 0 saturated heterocycles. The summed E-state index contributed by atoms with van der Waals surface area (Å²) in [5.41, 5.74) is 7.97. The highest BCUT2D eigenvalue weighted by atomic mass is 32.2. The molecule has 1 aromatic carbocycles. The largest absolute Gasteiger partial charge is 0.299 e. The van der Waals surface area contributed by atoms with Gasteiger partial charge in [-0.3, -0.25) is 5.73 Å². The molecule has 0 aliphatic heterocycles. The second-order valence-electron chi connectivity index (χ2n) is 2.54. The standard InChI is InChI=1S/C7H9N2O2S/c1-5-2-3-6(8)7(4-5)12(9,10)11/h2-4,8H,1H3,(H2,9,10,11). The Morgan fingerprint density at radius 2 is 2.00 bits per heavy atom. The van der Waals surface area contributed by atoms with Crippen LogP contribution in [0.2, 0.25) is 0 Å². The SMILES string of the molecule is Cc1ccc([NH])c(S(N)(=O)=O)c1. The van der Waals surface area contributed by atoms with E-state index in [0.29, 0.717) is 0 Å². The van der Waals surface area contributed by atoms with E-state index in [-0.39, 0.29) is 10.6 Å². The molecule has 12 heavy (non-hydrogen) atoms. The van der Waals surface area contributed by atoms with Crippen LogP contribution in [0.4, 0.5) is 5.69 Å². The third kappa shape index (κ3) is 1.75. The van der Waals surface area contributed by atoms with Gasteiger partial charge in [-0.05, 0) is 24.6 Å². The van der Waals surface area contributed by atoms with Crippen molar-refractivity contribution in [1.29, 1.82) is 0 Å². The smallest absolute Gasteiger partial charge is 0.240 e. The molecule has 0 aliphatic carbocycles. The Balaban J connectivity index is 3.43. The van der Waals surface area contributed by atoms with E-state index in [9.17, 15) is 8.42 Å². The van der Waals surface area contributed by atoms with Gasteiger partial charge in [-0.15, -0.1) is 0 Å². The van der Waals surface area contributed by atoms with Crippen molar-refractivity contribution in [3.63, 3.8) is 0 Å². The first-order valence-electron chi connectivity index (χ1n) is 3.26. The third-order valence-electron chi connectivity index (χ3n) is 1.44. The second-order valence-corrected chi connectivity index (χ2v) is 4.07. The van der Waals surface area contributed by atoms with Gasteiger partial charge in [0.2, 0.25) is 10.0 Å². The van der Waals surface area contributed by atoms with Crippen LogP contribution in [0.15, 0.2) is 23.1 Å². The number of hydrogen-bond acceptors (Lipinski definition) is 2. The lowest BCUT2D eigenvalue weighted by atomic mass is 10.2. The topological polar surface area (TPSA) is 84.0 Å². The summed E-state index contributed by atoms with van der Waals surface area (Å²) < 4.78 is 21.7. The summed E-state index contributed by atoms with van der Waals surface area (Å²) in [6.45, 7) is 1.74. The summed E-state index contributed by atoms with van der Waals surface area (Å²) in [5.74, 6) is 0. The van der Waals surface area contributed by atoms with E-state index in [4.69, 9.17) is 10.9 Å². The molecule has 0 bridgehead atoms. The van der Waals surface area contributed by atoms with Crippen LogP contribution in [0.3, 0.4) is 0 Å². The Hall–Kier alpha value is -1.07. The Kier molecular flexibility index (Phi) is 2.08. The predicted octanol–water partition coefficient (Wildman–Crippen LogP) is 0.557. The van der Waals surface area contributed by atoms with Gasteiger partial charge in [0.1, 0.15) is 4.90 Å². The molecule has 0 aromatic heterocycles. The molecular weight excluding hydrogens is 176 g/mol. The van der Waals surface area contributed by atoms with Crippen LogP contribution in [0.1, 0.15) is 5.56 Å². The summed E-state index contributed by atoms with van der Waals surface area (Å²) in [4.78, 5) is -0.123. The maximum atomic E-state index is 10.9. The first-order valence-corrected chi connectivity index (χ1v) is 4.81. The number of hydrogen-bond donors (Lipinski definition) is 1. The molecule has 1 rings (SSSR count). The van der Waals surface area contributed by atoms with Crippen molar-refractivity contribution in [1.82, 2.24) is 5.73 Å². The fraction of sp³-hybridized carbons (Fsp3) is 0.143. The maximum absolute atomic E-state index is 10.9. The minimum atomic E-state index is -3.74. The molecule has 0 saturated carbocycles. The number of benzene rings is 1. The van der Waals surface area contributed by atoms with Gasteiger partial charge in [-0.25, -0.2) is 13.6 Å². The molecule has 1 radical (unpaired) electrons. The van der Waals surface area contributed by atoms with Gasteiger partial charge in [0.05, 0.1) is 5.69 Å². The van der Waals surface area contributed by atoms with Crippen LogP contribution < -0.4 is 10.9 Å². The summed E-state index contributed by atoms with van der Waals surface area (Å²) in [7, 11) is -3.74. The van der Waals surface area contributed by atoms with Crippen LogP contribution in [0.25, 0.3) is 0 Å². The van der Waals surface area contributed by atoms with E-state index < -0.39 is 10.0 Å². The minimum absolute atomic E-state index is 0.0666. The molecular formula is C7H9N2O2S. The molecule has 0 amide bonds. The fourth-order valence-electron chi connectivity index (χ4n) is 0.865. The van der Waals surface area contributed by atoms with Gasteiger partial charge in [-0.2, -0.15) is 0 Å². The number of nitrogens with one attached hydrogen (secondary N) is 1. The monoisotopic (exact) mass is 185 g/mol. The van der Waals surface area contributed by atoms with E-state index in [0.717, 1.165) is 5.56 Å². The van der Waals surface area contributed by atoms with Gasteiger partial charge in [0.25, 0.3) is 0 Å². The first kappa shape index (κ1) is 9.02. The first-order chi connectivity index (χ1) is 5.41. The lowest BCUT2D eigenvalue weighted by molar-refractivity contribution is 0.598. The Morgan fingerprint density at radius 1 is 1.42 bits per heavy atom. The van der Waals surface area contributed by atoms with Crippen molar-refractivity contribution in [3.8, 4) is 0 Å². The Morgan fingerprint density at radius 3 is 2.42 bits per heavy atom. The molecule has 0 aliphatic rings. The molecule has 65 valence electrons. The van der Waals surface area contributed by atoms with Crippen LogP contribution in [-0.2, 0) is 10.0 Å². The van der Waals surface area contributed by atoms with E-state index in [2.05, 4.69) is 0 Å². The second kappa shape index (κ2) is 2.76. The van der Waals surface area contributed by atoms with Gasteiger partial charge < -0.3 is 0 Å². The minimum Gasteiger partial charge on any atom is -0.299 e. The summed E-state index contributed by atoms with van der Waals surface area (Å²) in [5, 5.41) is 4.88.